The highest BCUT2D eigenvalue weighted by molar-refractivity contribution is 6.46. The highest BCUT2D eigenvalue weighted by atomic mass is 16.5. The van der Waals surface area contributed by atoms with Gasteiger partial charge in [0.05, 0.1) is 24.5 Å². The molecule has 2 aromatic carbocycles. The number of likely N-dealkylation sites (tertiary alicyclic amines) is 1. The number of aliphatic hydroxyl groups excluding tert-OH is 1. The summed E-state index contributed by atoms with van der Waals surface area (Å²) in [7, 11) is 0. The summed E-state index contributed by atoms with van der Waals surface area (Å²) in [5, 5.41) is 11.5. The lowest BCUT2D eigenvalue weighted by Crippen LogP contribution is -2.31. The number of hydrogen-bond donors (Lipinski definition) is 1. The molecular weight excluding hydrogens is 482 g/mol. The number of rotatable bonds is 10. The van der Waals surface area contributed by atoms with Gasteiger partial charge in [-0.05, 0) is 61.2 Å². The molecule has 8 heteroatoms. The molecule has 0 unspecified atom stereocenters. The summed E-state index contributed by atoms with van der Waals surface area (Å²) in [5.74, 6) is -0.0219. The van der Waals surface area contributed by atoms with Crippen molar-refractivity contribution in [3.63, 3.8) is 0 Å². The van der Waals surface area contributed by atoms with E-state index in [-0.39, 0.29) is 17.4 Å². The normalized spacial score (nSPS) is 20.0. The Hall–Kier alpha value is -4.07. The molecule has 2 aliphatic rings. The molecule has 0 bridgehead atoms. The van der Waals surface area contributed by atoms with E-state index < -0.39 is 17.7 Å². The summed E-state index contributed by atoms with van der Waals surface area (Å²) in [6, 6.07) is 12.1. The molecule has 38 heavy (non-hydrogen) atoms. The lowest BCUT2D eigenvalue weighted by molar-refractivity contribution is -0.139. The first-order valence-electron chi connectivity index (χ1n) is 13.2. The smallest absolute Gasteiger partial charge is 0.295 e. The number of fused-ring (bicyclic) bond motifs is 1. The predicted octanol–water partition coefficient (Wildman–Crippen LogP) is 4.90. The first-order valence-corrected chi connectivity index (χ1v) is 13.2. The van der Waals surface area contributed by atoms with Gasteiger partial charge in [-0.25, -0.2) is 4.98 Å². The van der Waals surface area contributed by atoms with Crippen LogP contribution in [0, 0.1) is 0 Å². The molecule has 0 radical (unpaired) electrons. The second-order valence-corrected chi connectivity index (χ2v) is 9.88. The molecule has 0 aliphatic carbocycles. The number of ketones is 1. The molecule has 5 rings (SSSR count). The minimum atomic E-state index is -0.726. The van der Waals surface area contributed by atoms with Crippen molar-refractivity contribution in [2.45, 2.75) is 58.2 Å². The van der Waals surface area contributed by atoms with Crippen LogP contribution in [0.3, 0.4) is 0 Å². The fraction of sp³-hybridized carbons (Fsp3) is 0.367. The van der Waals surface area contributed by atoms with Crippen LogP contribution in [0.5, 0.6) is 11.5 Å². The molecule has 1 N–H and O–H groups in total. The molecule has 1 amide bonds. The van der Waals surface area contributed by atoms with Crippen molar-refractivity contribution in [1.82, 2.24) is 14.5 Å². The van der Waals surface area contributed by atoms with E-state index in [1.165, 1.54) is 0 Å². The summed E-state index contributed by atoms with van der Waals surface area (Å²) >= 11 is 0. The van der Waals surface area contributed by atoms with Crippen LogP contribution < -0.4 is 9.47 Å². The molecule has 1 saturated heterocycles. The van der Waals surface area contributed by atoms with Gasteiger partial charge in [0.1, 0.15) is 23.4 Å². The van der Waals surface area contributed by atoms with Crippen molar-refractivity contribution in [2.24, 2.45) is 0 Å². The van der Waals surface area contributed by atoms with E-state index in [9.17, 15) is 14.7 Å². The fourth-order valence-corrected chi connectivity index (χ4v) is 5.13. The van der Waals surface area contributed by atoms with Crippen molar-refractivity contribution in [3.8, 4) is 11.5 Å². The number of unbranched alkanes of at least 4 members (excludes halogenated alkanes) is 1. The number of aliphatic hydroxyl groups is 1. The lowest BCUT2D eigenvalue weighted by Gasteiger charge is -2.26. The second kappa shape index (κ2) is 11.1. The molecule has 3 heterocycles. The molecule has 2 atom stereocenters. The number of hydrogen-bond acceptors (Lipinski definition) is 6. The van der Waals surface area contributed by atoms with Gasteiger partial charge in [0.25, 0.3) is 11.7 Å². The average molecular weight is 516 g/mol. The molecule has 8 nitrogen and oxygen atoms in total. The van der Waals surface area contributed by atoms with Gasteiger partial charge in [0.2, 0.25) is 0 Å². The maximum absolute atomic E-state index is 13.4. The topological polar surface area (TPSA) is 93.9 Å². The Morgan fingerprint density at radius 1 is 1.16 bits per heavy atom. The summed E-state index contributed by atoms with van der Waals surface area (Å²) in [4.78, 5) is 32.4. The molecule has 0 spiro atoms. The van der Waals surface area contributed by atoms with Crippen LogP contribution in [0.2, 0.25) is 0 Å². The van der Waals surface area contributed by atoms with E-state index in [1.807, 2.05) is 54.1 Å². The van der Waals surface area contributed by atoms with E-state index in [0.717, 1.165) is 36.1 Å². The van der Waals surface area contributed by atoms with Gasteiger partial charge in [-0.15, -0.1) is 0 Å². The Kier molecular flexibility index (Phi) is 7.49. The number of amides is 1. The van der Waals surface area contributed by atoms with Gasteiger partial charge in [-0.2, -0.15) is 0 Å². The van der Waals surface area contributed by atoms with E-state index in [1.54, 1.807) is 23.5 Å². The zero-order valence-corrected chi connectivity index (χ0v) is 21.8. The monoisotopic (exact) mass is 515 g/mol. The lowest BCUT2D eigenvalue weighted by atomic mass is 9.94. The maximum Gasteiger partial charge on any atom is 0.295 e. The molecule has 2 aliphatic heterocycles. The van der Waals surface area contributed by atoms with Crippen LogP contribution in [-0.2, 0) is 22.6 Å². The number of ether oxygens (including phenoxy) is 2. The van der Waals surface area contributed by atoms with Gasteiger partial charge in [-0.3, -0.25) is 9.59 Å². The van der Waals surface area contributed by atoms with Crippen molar-refractivity contribution < 1.29 is 24.2 Å². The molecule has 3 aromatic rings. The quantitative estimate of drug-likeness (QED) is 0.179. The fourth-order valence-electron chi connectivity index (χ4n) is 5.13. The number of imidazole rings is 1. The van der Waals surface area contributed by atoms with Crippen LogP contribution in [0.1, 0.15) is 55.8 Å². The average Bonchev–Trinajstić information content (AvgIpc) is 3.62. The number of benzene rings is 2. The first-order chi connectivity index (χ1) is 18.5. The van der Waals surface area contributed by atoms with E-state index in [2.05, 4.69) is 11.9 Å². The SMILES string of the molecule is CCCCOc1cccc([C@@H]2C(=C(O)c3ccc4c(c3)C[C@@H](C)O4)C(=O)C(=O)N2CCCn2ccnc2)c1. The van der Waals surface area contributed by atoms with Gasteiger partial charge in [-0.1, -0.05) is 25.5 Å². The molecule has 1 fully saturated rings. The highest BCUT2D eigenvalue weighted by Crippen LogP contribution is 2.41. The number of aromatic nitrogens is 2. The summed E-state index contributed by atoms with van der Waals surface area (Å²) < 4.78 is 13.6. The van der Waals surface area contributed by atoms with Crippen LogP contribution in [0.25, 0.3) is 5.76 Å². The Bertz CT molecular complexity index is 1350. The van der Waals surface area contributed by atoms with Crippen molar-refractivity contribution in [2.75, 3.05) is 13.2 Å². The molecule has 198 valence electrons. The number of nitrogens with zero attached hydrogens (tertiary/aromatic N) is 3. The molecule has 1 aromatic heterocycles. The number of Topliss-reactive ketones (excluding diaryl/α,β-unsaturated/α-hetero) is 1. The van der Waals surface area contributed by atoms with Crippen molar-refractivity contribution >= 4 is 17.4 Å². The van der Waals surface area contributed by atoms with Crippen molar-refractivity contribution in [1.29, 1.82) is 0 Å². The summed E-state index contributed by atoms with van der Waals surface area (Å²) in [6.07, 6.45) is 8.64. The third kappa shape index (κ3) is 5.16. The first kappa shape index (κ1) is 25.6. The highest BCUT2D eigenvalue weighted by Gasteiger charge is 2.46. The van der Waals surface area contributed by atoms with E-state index in [4.69, 9.17) is 9.47 Å². The van der Waals surface area contributed by atoms with Crippen LogP contribution in [0.15, 0.2) is 66.8 Å². The Balaban J connectivity index is 1.51. The van der Waals surface area contributed by atoms with Gasteiger partial charge in [0, 0.05) is 37.5 Å². The zero-order valence-electron chi connectivity index (χ0n) is 21.8. The second-order valence-electron chi connectivity index (χ2n) is 9.88. The van der Waals surface area contributed by atoms with E-state index >= 15 is 0 Å². The summed E-state index contributed by atoms with van der Waals surface area (Å²) in [5.41, 5.74) is 2.29. The van der Waals surface area contributed by atoms with Gasteiger partial charge < -0.3 is 24.0 Å². The largest absolute Gasteiger partial charge is 0.507 e. The number of aryl methyl sites for hydroxylation is 1. The minimum Gasteiger partial charge on any atom is -0.507 e. The Morgan fingerprint density at radius 3 is 2.82 bits per heavy atom. The Labute approximate surface area is 222 Å². The third-order valence-electron chi connectivity index (χ3n) is 7.02. The molecular formula is C30H33N3O5. The third-order valence-corrected chi connectivity index (χ3v) is 7.02. The van der Waals surface area contributed by atoms with Crippen LogP contribution in [0.4, 0.5) is 0 Å². The molecule has 0 saturated carbocycles. The number of carbonyl (C=O) groups is 2. The Morgan fingerprint density at radius 2 is 2.03 bits per heavy atom. The van der Waals surface area contributed by atoms with Crippen LogP contribution in [-0.4, -0.2) is 50.5 Å². The number of carbonyl (C=O) groups excluding carboxylic acids is 2. The predicted molar refractivity (Wildman–Crippen MR) is 143 cm³/mol. The standard InChI is InChI=1S/C30H33N3O5/c1-3-4-15-37-24-8-5-7-21(18-24)27-26(28(34)22-9-10-25-23(17-22)16-20(2)38-25)29(35)30(36)33(27)13-6-12-32-14-11-31-19-32/h5,7-11,14,17-20,27,34H,3-4,6,12-13,15-16H2,1-2H3/t20-,27-/m1/s1. The zero-order chi connectivity index (χ0) is 26.6. The summed E-state index contributed by atoms with van der Waals surface area (Å²) in [6.45, 7) is 5.67. The minimum absolute atomic E-state index is 0.0546. The van der Waals surface area contributed by atoms with Crippen LogP contribution >= 0.6 is 0 Å². The van der Waals surface area contributed by atoms with Crippen molar-refractivity contribution in [3.05, 3.63) is 83.4 Å². The van der Waals surface area contributed by atoms with Gasteiger partial charge >= 0.3 is 0 Å². The maximum atomic E-state index is 13.4. The van der Waals surface area contributed by atoms with E-state index in [0.29, 0.717) is 37.4 Å². The van der Waals surface area contributed by atoms with Gasteiger partial charge in [0.15, 0.2) is 0 Å².